The Morgan fingerprint density at radius 2 is 1.88 bits per heavy atom. The molecule has 0 unspecified atom stereocenters. The zero-order chi connectivity index (χ0) is 17.7. The van der Waals surface area contributed by atoms with Gasteiger partial charge in [0.1, 0.15) is 5.82 Å². The maximum atomic E-state index is 12.9. The van der Waals surface area contributed by atoms with Crippen molar-refractivity contribution in [1.29, 1.82) is 0 Å². The maximum absolute atomic E-state index is 12.9. The summed E-state index contributed by atoms with van der Waals surface area (Å²) in [6.45, 7) is 4.67. The zero-order valence-electron chi connectivity index (χ0n) is 14.2. The number of nitrogens with zero attached hydrogens (tertiary/aromatic N) is 1. The van der Waals surface area contributed by atoms with Crippen LogP contribution in [0.1, 0.15) is 38.7 Å². The summed E-state index contributed by atoms with van der Waals surface area (Å²) in [5, 5.41) is 2.96. The smallest absolute Gasteiger partial charge is 0.223 e. The number of hydrogen-bond acceptors (Lipinski definition) is 3. The van der Waals surface area contributed by atoms with Crippen molar-refractivity contribution >= 4 is 15.9 Å². The van der Waals surface area contributed by atoms with E-state index in [9.17, 15) is 17.6 Å². The van der Waals surface area contributed by atoms with Crippen LogP contribution in [0.2, 0.25) is 0 Å². The lowest BCUT2D eigenvalue weighted by Crippen LogP contribution is -2.44. The fraction of sp³-hybridized carbons (Fsp3) is 0.588. The number of halogens is 1. The van der Waals surface area contributed by atoms with Gasteiger partial charge < -0.3 is 5.32 Å². The highest BCUT2D eigenvalue weighted by molar-refractivity contribution is 7.88. The van der Waals surface area contributed by atoms with E-state index < -0.39 is 10.0 Å². The van der Waals surface area contributed by atoms with Crippen molar-refractivity contribution in [2.45, 2.75) is 44.9 Å². The van der Waals surface area contributed by atoms with E-state index in [2.05, 4.69) is 5.32 Å². The van der Waals surface area contributed by atoms with Crippen LogP contribution in [-0.4, -0.2) is 37.8 Å². The van der Waals surface area contributed by atoms with Crippen molar-refractivity contribution in [3.63, 3.8) is 0 Å². The summed E-state index contributed by atoms with van der Waals surface area (Å²) in [5.74, 6) is -0.641. The Bertz CT molecular complexity index is 653. The van der Waals surface area contributed by atoms with Gasteiger partial charge in [-0.25, -0.2) is 17.1 Å². The van der Waals surface area contributed by atoms with E-state index in [4.69, 9.17) is 0 Å². The molecule has 1 aliphatic rings. The fourth-order valence-electron chi connectivity index (χ4n) is 2.74. The summed E-state index contributed by atoms with van der Waals surface area (Å²) in [6, 6.07) is 5.63. The summed E-state index contributed by atoms with van der Waals surface area (Å²) < 4.78 is 39.3. The molecule has 0 radical (unpaired) electrons. The Labute approximate surface area is 143 Å². The van der Waals surface area contributed by atoms with Crippen molar-refractivity contribution < 1.29 is 17.6 Å². The Hall–Kier alpha value is -1.47. The van der Waals surface area contributed by atoms with Gasteiger partial charge in [-0.05, 0) is 43.9 Å². The minimum Gasteiger partial charge on any atom is -0.353 e. The van der Waals surface area contributed by atoms with Gasteiger partial charge in [0.25, 0.3) is 0 Å². The minimum absolute atomic E-state index is 0.0138. The number of benzene rings is 1. The first-order valence-corrected chi connectivity index (χ1v) is 9.95. The quantitative estimate of drug-likeness (QED) is 0.850. The number of nitrogens with one attached hydrogen (secondary N) is 1. The van der Waals surface area contributed by atoms with Crippen LogP contribution in [0.5, 0.6) is 0 Å². The molecule has 24 heavy (non-hydrogen) atoms. The normalized spacial score (nSPS) is 18.3. The molecule has 0 aliphatic carbocycles. The van der Waals surface area contributed by atoms with Crippen LogP contribution in [-0.2, 0) is 20.6 Å². The molecule has 0 bridgehead atoms. The van der Waals surface area contributed by atoms with Gasteiger partial charge in [0.05, 0.1) is 5.75 Å². The summed E-state index contributed by atoms with van der Waals surface area (Å²) in [7, 11) is -3.45. The molecule has 1 atom stereocenters. The van der Waals surface area contributed by atoms with E-state index in [1.807, 2.05) is 13.8 Å². The Balaban J connectivity index is 1.90. The van der Waals surface area contributed by atoms with E-state index >= 15 is 0 Å². The molecule has 0 saturated carbocycles. The highest BCUT2D eigenvalue weighted by Crippen LogP contribution is 2.22. The predicted octanol–water partition coefficient (Wildman–Crippen LogP) is 2.28. The number of carbonyl (C=O) groups excluding carboxylic acids is 1. The summed E-state index contributed by atoms with van der Waals surface area (Å²) in [5.41, 5.74) is 0.563. The highest BCUT2D eigenvalue weighted by Gasteiger charge is 2.31. The number of rotatable bonds is 6. The van der Waals surface area contributed by atoms with Crippen LogP contribution >= 0.6 is 0 Å². The Morgan fingerprint density at radius 1 is 1.29 bits per heavy atom. The lowest BCUT2D eigenvalue weighted by Gasteiger charge is -2.31. The molecule has 1 saturated heterocycles. The standard InChI is InChI=1S/C17H25FN2O3S/c1-3-13(2)19-17(21)15-8-10-20(11-9-15)24(22,23)12-14-4-6-16(18)7-5-14/h4-7,13,15H,3,8-12H2,1-2H3,(H,19,21)/t13-/m0/s1. The van der Waals surface area contributed by atoms with Crippen LogP contribution in [0.3, 0.4) is 0 Å². The Kier molecular flexibility index (Phi) is 6.34. The first-order valence-electron chi connectivity index (χ1n) is 8.34. The second-order valence-electron chi connectivity index (χ2n) is 6.37. The van der Waals surface area contributed by atoms with Crippen LogP contribution in [0.15, 0.2) is 24.3 Å². The van der Waals surface area contributed by atoms with Crippen LogP contribution in [0.4, 0.5) is 4.39 Å². The minimum atomic E-state index is -3.45. The third kappa shape index (κ3) is 5.01. The first kappa shape index (κ1) is 18.9. The van der Waals surface area contributed by atoms with E-state index in [0.717, 1.165) is 6.42 Å². The van der Waals surface area contributed by atoms with E-state index in [0.29, 0.717) is 31.5 Å². The molecular formula is C17H25FN2O3S. The first-order chi connectivity index (χ1) is 11.3. The molecule has 1 aromatic rings. The molecule has 1 N–H and O–H groups in total. The van der Waals surface area contributed by atoms with Gasteiger partial charge in [-0.2, -0.15) is 0 Å². The topological polar surface area (TPSA) is 66.5 Å². The molecule has 0 spiro atoms. The van der Waals surface area contributed by atoms with E-state index in [1.54, 1.807) is 0 Å². The number of carbonyl (C=O) groups is 1. The lowest BCUT2D eigenvalue weighted by molar-refractivity contribution is -0.126. The molecule has 1 heterocycles. The molecular weight excluding hydrogens is 331 g/mol. The van der Waals surface area contributed by atoms with Gasteiger partial charge in [-0.3, -0.25) is 4.79 Å². The second kappa shape index (κ2) is 8.07. The third-order valence-electron chi connectivity index (χ3n) is 4.48. The third-order valence-corrected chi connectivity index (χ3v) is 6.33. The average molecular weight is 356 g/mol. The average Bonchev–Trinajstić information content (AvgIpc) is 2.56. The van der Waals surface area contributed by atoms with Crippen molar-refractivity contribution in [2.24, 2.45) is 5.92 Å². The number of hydrogen-bond donors (Lipinski definition) is 1. The van der Waals surface area contributed by atoms with Crippen LogP contribution in [0.25, 0.3) is 0 Å². The van der Waals surface area contributed by atoms with Crippen molar-refractivity contribution in [3.8, 4) is 0 Å². The lowest BCUT2D eigenvalue weighted by atomic mass is 9.97. The predicted molar refractivity (Wildman–Crippen MR) is 91.2 cm³/mol. The molecule has 5 nitrogen and oxygen atoms in total. The molecule has 134 valence electrons. The molecule has 7 heteroatoms. The number of sulfonamides is 1. The van der Waals surface area contributed by atoms with Crippen molar-refractivity contribution in [3.05, 3.63) is 35.6 Å². The summed E-state index contributed by atoms with van der Waals surface area (Å²) in [4.78, 5) is 12.1. The van der Waals surface area contributed by atoms with Crippen LogP contribution < -0.4 is 5.32 Å². The van der Waals surface area contributed by atoms with Gasteiger partial charge >= 0.3 is 0 Å². The Morgan fingerprint density at radius 3 is 2.42 bits per heavy atom. The molecule has 1 fully saturated rings. The van der Waals surface area contributed by atoms with Gasteiger partial charge in [-0.1, -0.05) is 19.1 Å². The van der Waals surface area contributed by atoms with Gasteiger partial charge in [0, 0.05) is 25.0 Å². The van der Waals surface area contributed by atoms with Crippen molar-refractivity contribution in [2.75, 3.05) is 13.1 Å². The summed E-state index contributed by atoms with van der Waals surface area (Å²) >= 11 is 0. The molecule has 0 aromatic heterocycles. The molecule has 1 aromatic carbocycles. The fourth-order valence-corrected chi connectivity index (χ4v) is 4.30. The largest absolute Gasteiger partial charge is 0.353 e. The van der Waals surface area contributed by atoms with Crippen molar-refractivity contribution in [1.82, 2.24) is 9.62 Å². The van der Waals surface area contributed by atoms with Gasteiger partial charge in [0.2, 0.25) is 15.9 Å². The molecule has 2 rings (SSSR count). The summed E-state index contributed by atoms with van der Waals surface area (Å²) in [6.07, 6.45) is 1.94. The van der Waals surface area contributed by atoms with Gasteiger partial charge in [0.15, 0.2) is 0 Å². The second-order valence-corrected chi connectivity index (χ2v) is 8.34. The number of amides is 1. The van der Waals surface area contributed by atoms with Crippen LogP contribution in [0, 0.1) is 11.7 Å². The maximum Gasteiger partial charge on any atom is 0.223 e. The molecule has 1 aliphatic heterocycles. The monoisotopic (exact) mass is 356 g/mol. The van der Waals surface area contributed by atoms with Gasteiger partial charge in [-0.15, -0.1) is 0 Å². The highest BCUT2D eigenvalue weighted by atomic mass is 32.2. The van der Waals surface area contributed by atoms with E-state index in [-0.39, 0.29) is 29.4 Å². The molecule has 1 amide bonds. The van der Waals surface area contributed by atoms with E-state index in [1.165, 1.54) is 28.6 Å². The number of piperidine rings is 1. The SMILES string of the molecule is CC[C@H](C)NC(=O)C1CCN(S(=O)(=O)Cc2ccc(F)cc2)CC1. The zero-order valence-corrected chi connectivity index (χ0v) is 15.0.